The number of aromatic nitrogens is 1. The van der Waals surface area contributed by atoms with Gasteiger partial charge in [0.1, 0.15) is 18.4 Å². The predicted molar refractivity (Wildman–Crippen MR) is 76.4 cm³/mol. The number of carbonyl (C=O) groups excluding carboxylic acids is 1. The molecule has 23 heavy (non-hydrogen) atoms. The van der Waals surface area contributed by atoms with Crippen molar-refractivity contribution in [1.82, 2.24) is 9.88 Å². The molecule has 1 fully saturated rings. The van der Waals surface area contributed by atoms with E-state index in [1.54, 1.807) is 6.07 Å². The first-order valence-corrected chi connectivity index (χ1v) is 7.00. The third-order valence-corrected chi connectivity index (χ3v) is 3.70. The van der Waals surface area contributed by atoms with E-state index in [1.165, 1.54) is 24.4 Å². The van der Waals surface area contributed by atoms with Crippen molar-refractivity contribution in [3.05, 3.63) is 36.3 Å². The van der Waals surface area contributed by atoms with E-state index in [9.17, 15) is 22.4 Å². The highest BCUT2D eigenvalue weighted by molar-refractivity contribution is 5.94. The summed E-state index contributed by atoms with van der Waals surface area (Å²) in [5.74, 6) is -1.02. The van der Waals surface area contributed by atoms with Gasteiger partial charge in [-0.3, -0.25) is 9.78 Å². The number of carbonyl (C=O) groups is 1. The molecular weight excluding hydrogens is 314 g/mol. The summed E-state index contributed by atoms with van der Waals surface area (Å²) in [5.41, 5.74) is 0.954. The van der Waals surface area contributed by atoms with Crippen molar-refractivity contribution < 1.29 is 22.4 Å². The van der Waals surface area contributed by atoms with Crippen LogP contribution >= 0.6 is 0 Å². The smallest absolute Gasteiger partial charge is 0.373 e. The molecule has 0 unspecified atom stereocenters. The second-order valence-electron chi connectivity index (χ2n) is 5.38. The summed E-state index contributed by atoms with van der Waals surface area (Å²) in [5, 5.41) is 3.56. The number of amides is 1. The van der Waals surface area contributed by atoms with Crippen LogP contribution in [0.5, 0.6) is 0 Å². The van der Waals surface area contributed by atoms with Gasteiger partial charge in [-0.2, -0.15) is 13.2 Å². The summed E-state index contributed by atoms with van der Waals surface area (Å²) in [7, 11) is 0. The standard InChI is InChI=1S/C15H13F4N3O/c16-9-1-2-10-11(3-5-20-13(10)7-9)21-12-4-6-22(14(12)23)8-15(17,18)19/h1-3,5,7,12H,4,6,8H2,(H,20,21)/t12-/m1/s1. The maximum absolute atomic E-state index is 13.2. The lowest BCUT2D eigenvalue weighted by atomic mass is 10.1. The van der Waals surface area contributed by atoms with Crippen LogP contribution in [0.4, 0.5) is 23.2 Å². The molecule has 2 heterocycles. The molecule has 122 valence electrons. The van der Waals surface area contributed by atoms with Gasteiger partial charge in [0.25, 0.3) is 0 Å². The number of halogens is 4. The Labute approximate surface area is 129 Å². The Kier molecular flexibility index (Phi) is 3.83. The Morgan fingerprint density at radius 1 is 1.30 bits per heavy atom. The molecule has 3 rings (SSSR count). The van der Waals surface area contributed by atoms with Crippen molar-refractivity contribution in [2.45, 2.75) is 18.6 Å². The Morgan fingerprint density at radius 2 is 2.09 bits per heavy atom. The molecule has 0 saturated carbocycles. The zero-order chi connectivity index (χ0) is 16.6. The van der Waals surface area contributed by atoms with Crippen LogP contribution in [0.25, 0.3) is 10.9 Å². The third kappa shape index (κ3) is 3.35. The number of nitrogens with one attached hydrogen (secondary N) is 1. The monoisotopic (exact) mass is 327 g/mol. The SMILES string of the molecule is O=C1[C@H](Nc2ccnc3cc(F)ccc23)CCN1CC(F)(F)F. The Balaban J connectivity index is 1.79. The van der Waals surface area contributed by atoms with Crippen LogP contribution in [0.15, 0.2) is 30.5 Å². The minimum absolute atomic E-state index is 0.0493. The molecule has 1 aromatic heterocycles. The number of nitrogens with zero attached hydrogens (tertiary/aromatic N) is 2. The van der Waals surface area contributed by atoms with E-state index in [4.69, 9.17) is 0 Å². The molecule has 0 bridgehead atoms. The lowest BCUT2D eigenvalue weighted by Crippen LogP contribution is -2.39. The number of hydrogen-bond acceptors (Lipinski definition) is 3. The van der Waals surface area contributed by atoms with Gasteiger partial charge >= 0.3 is 6.18 Å². The van der Waals surface area contributed by atoms with Gasteiger partial charge in [0, 0.05) is 29.9 Å². The number of pyridine rings is 1. The van der Waals surface area contributed by atoms with Crippen LogP contribution < -0.4 is 5.32 Å². The molecule has 0 radical (unpaired) electrons. The summed E-state index contributed by atoms with van der Waals surface area (Å²) in [6.07, 6.45) is -2.68. The van der Waals surface area contributed by atoms with E-state index >= 15 is 0 Å². The number of anilines is 1. The summed E-state index contributed by atoms with van der Waals surface area (Å²) in [6.45, 7) is -1.19. The molecular formula is C15H13F4N3O. The average Bonchev–Trinajstić information content (AvgIpc) is 2.78. The molecule has 1 atom stereocenters. The topological polar surface area (TPSA) is 45.2 Å². The maximum Gasteiger partial charge on any atom is 0.406 e. The fourth-order valence-electron chi connectivity index (χ4n) is 2.68. The Hall–Kier alpha value is -2.38. The fraction of sp³-hybridized carbons (Fsp3) is 0.333. The molecule has 1 aliphatic rings. The first-order valence-electron chi connectivity index (χ1n) is 7.00. The number of likely N-dealkylation sites (tertiary alicyclic amines) is 1. The number of benzene rings is 1. The minimum Gasteiger partial charge on any atom is -0.373 e. The highest BCUT2D eigenvalue weighted by Crippen LogP contribution is 2.26. The van der Waals surface area contributed by atoms with Gasteiger partial charge < -0.3 is 10.2 Å². The Morgan fingerprint density at radius 3 is 2.83 bits per heavy atom. The highest BCUT2D eigenvalue weighted by atomic mass is 19.4. The molecule has 1 amide bonds. The molecule has 1 aromatic carbocycles. The van der Waals surface area contributed by atoms with E-state index in [2.05, 4.69) is 10.3 Å². The molecule has 2 aromatic rings. The zero-order valence-corrected chi connectivity index (χ0v) is 11.9. The quantitative estimate of drug-likeness (QED) is 0.882. The van der Waals surface area contributed by atoms with Crippen molar-refractivity contribution in [1.29, 1.82) is 0 Å². The largest absolute Gasteiger partial charge is 0.406 e. The summed E-state index contributed by atoms with van der Waals surface area (Å²) < 4.78 is 50.5. The number of alkyl halides is 3. The second-order valence-corrected chi connectivity index (χ2v) is 5.38. The van der Waals surface area contributed by atoms with Gasteiger partial charge in [0.05, 0.1) is 5.52 Å². The molecule has 0 spiro atoms. The van der Waals surface area contributed by atoms with E-state index in [1.807, 2.05) is 0 Å². The van der Waals surface area contributed by atoms with Crippen LogP contribution in [0.1, 0.15) is 6.42 Å². The molecule has 1 saturated heterocycles. The number of rotatable bonds is 3. The lowest BCUT2D eigenvalue weighted by Gasteiger charge is -2.19. The third-order valence-electron chi connectivity index (χ3n) is 3.70. The van der Waals surface area contributed by atoms with Crippen LogP contribution in [0.2, 0.25) is 0 Å². The van der Waals surface area contributed by atoms with E-state index in [0.29, 0.717) is 16.6 Å². The normalized spacial score (nSPS) is 18.7. The van der Waals surface area contributed by atoms with Crippen LogP contribution in [0.3, 0.4) is 0 Å². The van der Waals surface area contributed by atoms with Gasteiger partial charge in [0.15, 0.2) is 0 Å². The molecule has 1 aliphatic heterocycles. The van der Waals surface area contributed by atoms with Gasteiger partial charge in [-0.05, 0) is 24.6 Å². The van der Waals surface area contributed by atoms with Crippen molar-refractivity contribution in [2.24, 2.45) is 0 Å². The zero-order valence-electron chi connectivity index (χ0n) is 11.9. The highest BCUT2D eigenvalue weighted by Gasteiger charge is 2.39. The number of hydrogen-bond donors (Lipinski definition) is 1. The molecule has 1 N–H and O–H groups in total. The summed E-state index contributed by atoms with van der Waals surface area (Å²) >= 11 is 0. The minimum atomic E-state index is -4.41. The van der Waals surface area contributed by atoms with Crippen LogP contribution in [0, 0.1) is 5.82 Å². The van der Waals surface area contributed by atoms with Crippen molar-refractivity contribution in [2.75, 3.05) is 18.4 Å². The molecule has 8 heteroatoms. The van der Waals surface area contributed by atoms with Gasteiger partial charge in [-0.15, -0.1) is 0 Å². The van der Waals surface area contributed by atoms with Crippen LogP contribution in [-0.4, -0.2) is 41.1 Å². The van der Waals surface area contributed by atoms with E-state index in [-0.39, 0.29) is 13.0 Å². The Bertz CT molecular complexity index is 747. The maximum atomic E-state index is 13.2. The van der Waals surface area contributed by atoms with Crippen LogP contribution in [-0.2, 0) is 4.79 Å². The lowest BCUT2D eigenvalue weighted by molar-refractivity contribution is -0.157. The van der Waals surface area contributed by atoms with E-state index < -0.39 is 30.5 Å². The predicted octanol–water partition coefficient (Wildman–Crippen LogP) is 2.95. The van der Waals surface area contributed by atoms with Gasteiger partial charge in [-0.1, -0.05) is 0 Å². The summed E-state index contributed by atoms with van der Waals surface area (Å²) in [4.78, 5) is 16.9. The molecule has 0 aliphatic carbocycles. The fourth-order valence-corrected chi connectivity index (χ4v) is 2.68. The first kappa shape index (κ1) is 15.5. The van der Waals surface area contributed by atoms with Crippen molar-refractivity contribution in [3.63, 3.8) is 0 Å². The van der Waals surface area contributed by atoms with E-state index in [0.717, 1.165) is 4.90 Å². The average molecular weight is 327 g/mol. The van der Waals surface area contributed by atoms with Crippen molar-refractivity contribution in [3.8, 4) is 0 Å². The summed E-state index contributed by atoms with van der Waals surface area (Å²) in [6, 6.07) is 4.93. The van der Waals surface area contributed by atoms with Gasteiger partial charge in [0.2, 0.25) is 5.91 Å². The second kappa shape index (κ2) is 5.68. The molecule has 4 nitrogen and oxygen atoms in total. The number of fused-ring (bicyclic) bond motifs is 1. The van der Waals surface area contributed by atoms with Gasteiger partial charge in [-0.25, -0.2) is 4.39 Å². The first-order chi connectivity index (χ1) is 10.8. The van der Waals surface area contributed by atoms with Crippen molar-refractivity contribution >= 4 is 22.5 Å².